The molecule has 0 aliphatic carbocycles. The Morgan fingerprint density at radius 3 is 2.48 bits per heavy atom. The van der Waals surface area contributed by atoms with Gasteiger partial charge in [-0.05, 0) is 5.92 Å². The van der Waals surface area contributed by atoms with Gasteiger partial charge in [0.15, 0.2) is 0 Å². The van der Waals surface area contributed by atoms with E-state index in [1.807, 2.05) is 11.0 Å². The third-order valence-corrected chi connectivity index (χ3v) is 4.32. The lowest BCUT2D eigenvalue weighted by atomic mass is 10.1. The van der Waals surface area contributed by atoms with Gasteiger partial charge in [0, 0.05) is 39.2 Å². The number of amides is 1. The van der Waals surface area contributed by atoms with Gasteiger partial charge in [0.25, 0.3) is 0 Å². The number of hydrogen-bond donors (Lipinski definition) is 1. The number of carbonyl (C=O) groups is 1. The smallest absolute Gasteiger partial charge is 0.227 e. The lowest BCUT2D eigenvalue weighted by Crippen LogP contribution is -2.48. The summed E-state index contributed by atoms with van der Waals surface area (Å²) in [5, 5.41) is 3.41. The fourth-order valence-electron chi connectivity index (χ4n) is 2.71. The molecule has 2 fully saturated rings. The number of nitrogens with zero attached hydrogens (tertiary/aromatic N) is 4. The Labute approximate surface area is 137 Å². The highest BCUT2D eigenvalue weighted by Crippen LogP contribution is 2.22. The van der Waals surface area contributed by atoms with E-state index in [-0.39, 0.29) is 5.91 Å². The normalized spacial score (nSPS) is 19.0. The van der Waals surface area contributed by atoms with Crippen LogP contribution in [0.4, 0.5) is 11.8 Å². The largest absolute Gasteiger partial charge is 0.377 e. The van der Waals surface area contributed by atoms with Crippen molar-refractivity contribution in [2.24, 2.45) is 0 Å². The molecule has 3 rings (SSSR count). The Balaban J connectivity index is 1.76. The van der Waals surface area contributed by atoms with Crippen LogP contribution in [-0.2, 0) is 9.53 Å². The zero-order chi connectivity index (χ0) is 16.4. The Morgan fingerprint density at radius 2 is 1.96 bits per heavy atom. The van der Waals surface area contributed by atoms with Gasteiger partial charge in [-0.1, -0.05) is 13.8 Å². The summed E-state index contributed by atoms with van der Waals surface area (Å²) >= 11 is 0. The highest BCUT2D eigenvalue weighted by molar-refractivity contribution is 5.73. The van der Waals surface area contributed by atoms with E-state index in [0.29, 0.717) is 12.0 Å². The van der Waals surface area contributed by atoms with E-state index in [4.69, 9.17) is 9.72 Å². The lowest BCUT2D eigenvalue weighted by Gasteiger charge is -2.35. The summed E-state index contributed by atoms with van der Waals surface area (Å²) in [6.07, 6.45) is 0. The Kier molecular flexibility index (Phi) is 4.66. The second-order valence-electron chi connectivity index (χ2n) is 6.50. The van der Waals surface area contributed by atoms with E-state index in [1.54, 1.807) is 6.92 Å². The molecule has 1 aromatic heterocycles. The van der Waals surface area contributed by atoms with E-state index >= 15 is 0 Å². The molecule has 3 heterocycles. The van der Waals surface area contributed by atoms with Crippen LogP contribution >= 0.6 is 0 Å². The molecule has 2 aliphatic heterocycles. The molecule has 2 aliphatic rings. The monoisotopic (exact) mass is 319 g/mol. The molecule has 7 heteroatoms. The average molecular weight is 319 g/mol. The zero-order valence-corrected chi connectivity index (χ0v) is 14.1. The van der Waals surface area contributed by atoms with Gasteiger partial charge < -0.3 is 19.9 Å². The number of carbonyl (C=O) groups excluding carboxylic acids is 1. The van der Waals surface area contributed by atoms with Gasteiger partial charge in [0.05, 0.1) is 24.9 Å². The Bertz CT molecular complexity index is 566. The van der Waals surface area contributed by atoms with Crippen LogP contribution in [0.3, 0.4) is 0 Å². The van der Waals surface area contributed by atoms with Crippen molar-refractivity contribution in [3.8, 4) is 0 Å². The summed E-state index contributed by atoms with van der Waals surface area (Å²) < 4.78 is 5.21. The first-order valence-corrected chi connectivity index (χ1v) is 8.26. The van der Waals surface area contributed by atoms with Crippen LogP contribution in [0.2, 0.25) is 0 Å². The second kappa shape index (κ2) is 6.70. The van der Waals surface area contributed by atoms with E-state index in [1.165, 1.54) is 0 Å². The fraction of sp³-hybridized carbons (Fsp3) is 0.688. The summed E-state index contributed by atoms with van der Waals surface area (Å²) in [5.41, 5.74) is 1.03. The first-order valence-electron chi connectivity index (χ1n) is 8.26. The lowest BCUT2D eigenvalue weighted by molar-refractivity contribution is -0.129. The maximum absolute atomic E-state index is 11.5. The standard InChI is InChI=1S/C16H25N5O2/c1-11(2)14-8-15(17-13-9-23-10-13)19-16(18-14)21-6-4-20(5-7-21)12(3)22/h8,11,13H,4-7,9-10H2,1-3H3,(H,17,18,19). The van der Waals surface area contributed by atoms with Crippen molar-refractivity contribution in [2.45, 2.75) is 32.7 Å². The Hall–Kier alpha value is -1.89. The highest BCUT2D eigenvalue weighted by Gasteiger charge is 2.23. The minimum atomic E-state index is 0.133. The number of aromatic nitrogens is 2. The minimum Gasteiger partial charge on any atom is -0.377 e. The summed E-state index contributed by atoms with van der Waals surface area (Å²) in [6.45, 7) is 10.3. The molecule has 0 radical (unpaired) electrons. The molecule has 23 heavy (non-hydrogen) atoms. The molecule has 0 saturated carbocycles. The number of ether oxygens (including phenoxy) is 1. The molecule has 0 unspecified atom stereocenters. The average Bonchev–Trinajstić information content (AvgIpc) is 2.50. The third-order valence-electron chi connectivity index (χ3n) is 4.32. The van der Waals surface area contributed by atoms with E-state index < -0.39 is 0 Å². The van der Waals surface area contributed by atoms with Crippen molar-refractivity contribution in [2.75, 3.05) is 49.6 Å². The zero-order valence-electron chi connectivity index (χ0n) is 14.1. The summed E-state index contributed by atoms with van der Waals surface area (Å²) in [6, 6.07) is 2.37. The van der Waals surface area contributed by atoms with Crippen LogP contribution in [-0.4, -0.2) is 66.2 Å². The third kappa shape index (κ3) is 3.72. The molecule has 126 valence electrons. The molecule has 0 spiro atoms. The maximum Gasteiger partial charge on any atom is 0.227 e. The first kappa shape index (κ1) is 16.0. The molecule has 1 amide bonds. The van der Waals surface area contributed by atoms with Crippen LogP contribution in [0.5, 0.6) is 0 Å². The molecule has 0 bridgehead atoms. The second-order valence-corrected chi connectivity index (χ2v) is 6.50. The van der Waals surface area contributed by atoms with Gasteiger partial charge in [0.1, 0.15) is 5.82 Å². The SMILES string of the molecule is CC(=O)N1CCN(c2nc(NC3COC3)cc(C(C)C)n2)CC1. The van der Waals surface area contributed by atoms with Gasteiger partial charge in [-0.2, -0.15) is 4.98 Å². The number of nitrogens with one attached hydrogen (secondary N) is 1. The number of rotatable bonds is 4. The summed E-state index contributed by atoms with van der Waals surface area (Å²) in [7, 11) is 0. The topological polar surface area (TPSA) is 70.6 Å². The van der Waals surface area contributed by atoms with Crippen molar-refractivity contribution in [1.82, 2.24) is 14.9 Å². The van der Waals surface area contributed by atoms with Crippen LogP contribution < -0.4 is 10.2 Å². The van der Waals surface area contributed by atoms with Crippen LogP contribution in [0.15, 0.2) is 6.07 Å². The Morgan fingerprint density at radius 1 is 1.26 bits per heavy atom. The van der Waals surface area contributed by atoms with Gasteiger partial charge in [0.2, 0.25) is 11.9 Å². The quantitative estimate of drug-likeness (QED) is 0.895. The predicted molar refractivity (Wildman–Crippen MR) is 88.8 cm³/mol. The van der Waals surface area contributed by atoms with Crippen molar-refractivity contribution in [3.63, 3.8) is 0 Å². The van der Waals surface area contributed by atoms with Gasteiger partial charge in [-0.25, -0.2) is 4.98 Å². The van der Waals surface area contributed by atoms with Crippen LogP contribution in [0.1, 0.15) is 32.4 Å². The molecule has 0 aromatic carbocycles. The number of anilines is 2. The summed E-state index contributed by atoms with van der Waals surface area (Å²) in [4.78, 5) is 24.9. The molecule has 1 aromatic rings. The fourth-order valence-corrected chi connectivity index (χ4v) is 2.71. The molecule has 0 atom stereocenters. The molecule has 7 nitrogen and oxygen atoms in total. The minimum absolute atomic E-state index is 0.133. The van der Waals surface area contributed by atoms with E-state index in [2.05, 4.69) is 29.0 Å². The van der Waals surface area contributed by atoms with Crippen molar-refractivity contribution >= 4 is 17.7 Å². The van der Waals surface area contributed by atoms with Crippen LogP contribution in [0.25, 0.3) is 0 Å². The molecular weight excluding hydrogens is 294 g/mol. The molecule has 1 N–H and O–H groups in total. The highest BCUT2D eigenvalue weighted by atomic mass is 16.5. The molecular formula is C16H25N5O2. The molecule has 2 saturated heterocycles. The van der Waals surface area contributed by atoms with Gasteiger partial charge in [-0.3, -0.25) is 4.79 Å². The number of piperazine rings is 1. The van der Waals surface area contributed by atoms with Crippen molar-refractivity contribution in [1.29, 1.82) is 0 Å². The summed E-state index contributed by atoms with van der Waals surface area (Å²) in [5.74, 6) is 2.09. The van der Waals surface area contributed by atoms with Crippen molar-refractivity contribution < 1.29 is 9.53 Å². The van der Waals surface area contributed by atoms with Gasteiger partial charge in [-0.15, -0.1) is 0 Å². The predicted octanol–water partition coefficient (Wildman–Crippen LogP) is 1.08. The van der Waals surface area contributed by atoms with Crippen molar-refractivity contribution in [3.05, 3.63) is 11.8 Å². The first-order chi connectivity index (χ1) is 11.0. The van der Waals surface area contributed by atoms with E-state index in [9.17, 15) is 4.79 Å². The van der Waals surface area contributed by atoms with E-state index in [0.717, 1.165) is 56.9 Å². The van der Waals surface area contributed by atoms with Crippen LogP contribution in [0, 0.1) is 0 Å². The number of hydrogen-bond acceptors (Lipinski definition) is 6. The van der Waals surface area contributed by atoms with Gasteiger partial charge >= 0.3 is 0 Å². The maximum atomic E-state index is 11.5.